The Morgan fingerprint density at radius 2 is 1.79 bits per heavy atom. The Bertz CT molecular complexity index is 1540. The second kappa shape index (κ2) is 12.1. The zero-order chi connectivity index (χ0) is 31.6. The number of sulfonamides is 1. The van der Waals surface area contributed by atoms with Gasteiger partial charge in [-0.2, -0.15) is 22.7 Å². The molecule has 2 aromatic carbocycles. The van der Waals surface area contributed by atoms with Gasteiger partial charge in [-0.15, -0.1) is 0 Å². The predicted molar refractivity (Wildman–Crippen MR) is 153 cm³/mol. The number of carbonyl (C=O) groups excluding carboxylic acids is 1. The van der Waals surface area contributed by atoms with Gasteiger partial charge in [-0.05, 0) is 80.6 Å². The van der Waals surface area contributed by atoms with Crippen molar-refractivity contribution in [1.82, 2.24) is 14.9 Å². The molecule has 1 aliphatic carbocycles. The molecule has 1 amide bonds. The van der Waals surface area contributed by atoms with Crippen LogP contribution >= 0.6 is 0 Å². The van der Waals surface area contributed by atoms with Crippen LogP contribution in [0.1, 0.15) is 50.7 Å². The summed E-state index contributed by atoms with van der Waals surface area (Å²) >= 11 is 0. The average molecular weight is 620 g/mol. The first-order valence-electron chi connectivity index (χ1n) is 13.7. The third kappa shape index (κ3) is 7.25. The third-order valence-electron chi connectivity index (χ3n) is 7.89. The number of carbonyl (C=O) groups is 1. The van der Waals surface area contributed by atoms with Crippen LogP contribution in [0.25, 0.3) is 0 Å². The number of halogens is 4. The van der Waals surface area contributed by atoms with Crippen molar-refractivity contribution >= 4 is 21.8 Å². The number of hydrogen-bond donors (Lipinski definition) is 2. The number of amides is 1. The monoisotopic (exact) mass is 619 g/mol. The molecule has 1 fully saturated rings. The van der Waals surface area contributed by atoms with Gasteiger partial charge < -0.3 is 10.6 Å². The number of rotatable bonds is 11. The van der Waals surface area contributed by atoms with Gasteiger partial charge in [-0.25, -0.2) is 12.8 Å². The van der Waals surface area contributed by atoms with Crippen LogP contribution in [-0.4, -0.2) is 49.1 Å². The predicted octanol–water partition coefficient (Wildman–Crippen LogP) is 4.94. The molecular weight excluding hydrogens is 586 g/mol. The van der Waals surface area contributed by atoms with E-state index in [0.29, 0.717) is 17.0 Å². The van der Waals surface area contributed by atoms with E-state index < -0.39 is 44.6 Å². The maximum absolute atomic E-state index is 13.5. The molecule has 1 unspecified atom stereocenters. The van der Waals surface area contributed by atoms with Crippen LogP contribution in [0.4, 0.5) is 17.6 Å². The van der Waals surface area contributed by atoms with E-state index >= 15 is 0 Å². The van der Waals surface area contributed by atoms with E-state index in [9.17, 15) is 36.0 Å². The fourth-order valence-corrected chi connectivity index (χ4v) is 6.41. The molecule has 0 aromatic heterocycles. The number of nitrogens with zero attached hydrogens (tertiary/aromatic N) is 3. The van der Waals surface area contributed by atoms with Gasteiger partial charge in [0.15, 0.2) is 0 Å². The summed E-state index contributed by atoms with van der Waals surface area (Å²) < 4.78 is 80.8. The molecule has 4 rings (SSSR count). The fourth-order valence-electron chi connectivity index (χ4n) is 4.98. The molecule has 0 saturated heterocycles. The largest absolute Gasteiger partial charge is 0.416 e. The normalized spacial score (nSPS) is 19.1. The molecule has 13 heteroatoms. The average Bonchev–Trinajstić information content (AvgIpc) is 3.25. The Morgan fingerprint density at radius 3 is 2.33 bits per heavy atom. The summed E-state index contributed by atoms with van der Waals surface area (Å²) in [7, 11) is -4.19. The van der Waals surface area contributed by atoms with E-state index in [2.05, 4.69) is 28.3 Å². The molecule has 1 atom stereocenters. The second-order valence-electron chi connectivity index (χ2n) is 11.5. The maximum Gasteiger partial charge on any atom is 0.416 e. The molecule has 0 radical (unpaired) electrons. The molecular formula is C30H33F4N5O3S. The third-order valence-corrected chi connectivity index (χ3v) is 9.75. The molecule has 230 valence electrons. The van der Waals surface area contributed by atoms with Crippen molar-refractivity contribution in [3.63, 3.8) is 0 Å². The molecule has 1 saturated carbocycles. The molecule has 1 heterocycles. The van der Waals surface area contributed by atoms with E-state index in [4.69, 9.17) is 0 Å². The summed E-state index contributed by atoms with van der Waals surface area (Å²) in [5, 5.41) is 15.4. The molecule has 0 spiro atoms. The standard InChI is InChI=1S/C30H33F4N5O3S/c1-20(26-37-25(28(2,3)38-26)27(40)36-19-29(18-35)14-4-15-29)13-16-39(43(41,42)24-11-9-23(31)10-12-24)17-21-5-7-22(8-6-21)30(32,33)34/h5-12,25H,1,4,13-17,19H2,2-3H3,(H,36,40)(H,37,38). The zero-order valence-electron chi connectivity index (χ0n) is 23.8. The lowest BCUT2D eigenvalue weighted by Gasteiger charge is -2.36. The summed E-state index contributed by atoms with van der Waals surface area (Å²) in [4.78, 5) is 17.5. The first kappa shape index (κ1) is 32.2. The first-order valence-corrected chi connectivity index (χ1v) is 15.2. The molecule has 1 aliphatic heterocycles. The minimum Gasteiger partial charge on any atom is -0.357 e. The zero-order valence-corrected chi connectivity index (χ0v) is 24.7. The van der Waals surface area contributed by atoms with Gasteiger partial charge in [-0.1, -0.05) is 25.1 Å². The summed E-state index contributed by atoms with van der Waals surface area (Å²) in [6, 6.07) is 9.97. The molecule has 8 nitrogen and oxygen atoms in total. The number of aliphatic imine (C=N–C) groups is 1. The molecule has 43 heavy (non-hydrogen) atoms. The van der Waals surface area contributed by atoms with Crippen molar-refractivity contribution in [3.05, 3.63) is 77.6 Å². The summed E-state index contributed by atoms with van der Waals surface area (Å²) in [5.74, 6) is -0.609. The molecule has 2 aromatic rings. The fraction of sp³-hybridized carbons (Fsp3) is 0.433. The number of hydrogen-bond acceptors (Lipinski definition) is 6. The Balaban J connectivity index is 1.48. The van der Waals surface area contributed by atoms with Crippen molar-refractivity contribution in [2.75, 3.05) is 13.1 Å². The maximum atomic E-state index is 13.5. The number of amidine groups is 1. The van der Waals surface area contributed by atoms with Crippen LogP contribution in [0, 0.1) is 22.6 Å². The van der Waals surface area contributed by atoms with Gasteiger partial charge in [0.25, 0.3) is 0 Å². The van der Waals surface area contributed by atoms with E-state index in [-0.39, 0.29) is 36.9 Å². The molecule has 2 N–H and O–H groups in total. The topological polar surface area (TPSA) is 115 Å². The number of benzene rings is 2. The van der Waals surface area contributed by atoms with Gasteiger partial charge in [0.2, 0.25) is 15.9 Å². The van der Waals surface area contributed by atoms with Crippen LogP contribution in [-0.2, 0) is 27.5 Å². The van der Waals surface area contributed by atoms with E-state index in [0.717, 1.165) is 60.0 Å². The van der Waals surface area contributed by atoms with Crippen LogP contribution in [0.2, 0.25) is 0 Å². The smallest absolute Gasteiger partial charge is 0.357 e. The highest BCUT2D eigenvalue weighted by Crippen LogP contribution is 2.39. The lowest BCUT2D eigenvalue weighted by molar-refractivity contribution is -0.137. The van der Waals surface area contributed by atoms with Crippen molar-refractivity contribution in [2.45, 2.75) is 68.7 Å². The lowest BCUT2D eigenvalue weighted by atomic mass is 9.70. The van der Waals surface area contributed by atoms with E-state index in [1.165, 1.54) is 12.1 Å². The lowest BCUT2D eigenvalue weighted by Crippen LogP contribution is -2.54. The SMILES string of the molecule is C=C(CCN(Cc1ccc(C(F)(F)F)cc1)S(=O)(=O)c1ccc(F)cc1)C1=NC(C)(C)C(C(=O)NCC2(C#N)CCC2)N1. The van der Waals surface area contributed by atoms with Crippen molar-refractivity contribution in [2.24, 2.45) is 10.4 Å². The Kier molecular flexibility index (Phi) is 9.04. The quantitative estimate of drug-likeness (QED) is 0.346. The summed E-state index contributed by atoms with van der Waals surface area (Å²) in [5.41, 5.74) is -1.53. The summed E-state index contributed by atoms with van der Waals surface area (Å²) in [6.07, 6.45) is -2.06. The van der Waals surface area contributed by atoms with Gasteiger partial charge in [-0.3, -0.25) is 9.79 Å². The van der Waals surface area contributed by atoms with Gasteiger partial charge in [0, 0.05) is 19.6 Å². The Morgan fingerprint density at radius 1 is 1.16 bits per heavy atom. The van der Waals surface area contributed by atoms with E-state index in [1.54, 1.807) is 13.8 Å². The highest BCUT2D eigenvalue weighted by atomic mass is 32.2. The number of alkyl halides is 3. The van der Waals surface area contributed by atoms with Crippen LogP contribution < -0.4 is 10.6 Å². The summed E-state index contributed by atoms with van der Waals surface area (Å²) in [6.45, 7) is 7.44. The van der Waals surface area contributed by atoms with E-state index in [1.807, 2.05) is 0 Å². The minimum atomic E-state index is -4.54. The van der Waals surface area contributed by atoms with Crippen LogP contribution in [0.3, 0.4) is 0 Å². The van der Waals surface area contributed by atoms with Gasteiger partial charge in [0.1, 0.15) is 17.7 Å². The minimum absolute atomic E-state index is 0.0782. The highest BCUT2D eigenvalue weighted by molar-refractivity contribution is 7.89. The Hall–Kier alpha value is -3.76. The molecule has 2 aliphatic rings. The van der Waals surface area contributed by atoms with Gasteiger partial charge in [0.05, 0.1) is 27.5 Å². The number of nitriles is 1. The van der Waals surface area contributed by atoms with Crippen molar-refractivity contribution in [3.8, 4) is 6.07 Å². The second-order valence-corrected chi connectivity index (χ2v) is 13.4. The molecule has 0 bridgehead atoms. The Labute approximate surface area is 248 Å². The van der Waals surface area contributed by atoms with Crippen molar-refractivity contribution < 1.29 is 30.8 Å². The number of nitrogens with one attached hydrogen (secondary N) is 2. The van der Waals surface area contributed by atoms with Gasteiger partial charge >= 0.3 is 6.18 Å². The van der Waals surface area contributed by atoms with Crippen LogP contribution in [0.5, 0.6) is 0 Å². The highest BCUT2D eigenvalue weighted by Gasteiger charge is 2.43. The first-order chi connectivity index (χ1) is 20.1. The van der Waals surface area contributed by atoms with Crippen LogP contribution in [0.15, 0.2) is 70.6 Å². The van der Waals surface area contributed by atoms with Crippen molar-refractivity contribution in [1.29, 1.82) is 5.26 Å².